The maximum atomic E-state index is 9.75. The Morgan fingerprint density at radius 3 is 1.44 bits per heavy atom. The molecular formula is C3H11BF4N4O4. The molecule has 0 atom stereocenters. The molecule has 0 fully saturated rings. The van der Waals surface area contributed by atoms with Crippen LogP contribution in [0.15, 0.2) is 5.34 Å². The first-order valence-corrected chi connectivity index (χ1v) is 2.70. The van der Waals surface area contributed by atoms with Crippen LogP contribution in [0.25, 0.3) is 0 Å². The van der Waals surface area contributed by atoms with Crippen LogP contribution in [0.3, 0.4) is 0 Å². The number of amides is 1. The van der Waals surface area contributed by atoms with Gasteiger partial charge in [-0.1, -0.05) is 0 Å². The highest BCUT2D eigenvalue weighted by molar-refractivity contribution is 6.50. The van der Waals surface area contributed by atoms with E-state index in [1.165, 1.54) is 12.3 Å². The first-order valence-electron chi connectivity index (χ1n) is 2.70. The maximum Gasteiger partial charge on any atom is 0.673 e. The summed E-state index contributed by atoms with van der Waals surface area (Å²) in [5.74, 6) is 0. The van der Waals surface area contributed by atoms with Gasteiger partial charge in [0.25, 0.3) is 0 Å². The van der Waals surface area contributed by atoms with Crippen LogP contribution >= 0.6 is 0 Å². The molecule has 0 heterocycles. The van der Waals surface area contributed by atoms with Gasteiger partial charge in [0.15, 0.2) is 5.34 Å². The maximum absolute atomic E-state index is 9.75. The molecule has 0 aliphatic heterocycles. The molecule has 0 aromatic rings. The normalized spacial score (nSPS) is 6.50. The first-order chi connectivity index (χ1) is 6.56. The summed E-state index contributed by atoms with van der Waals surface area (Å²) in [5, 5.41) is 22.4. The number of primary amides is 1. The molecule has 0 rings (SSSR count). The summed E-state index contributed by atoms with van der Waals surface area (Å²) in [6, 6.07) is 1.75. The van der Waals surface area contributed by atoms with Crippen LogP contribution in [0.2, 0.25) is 0 Å². The first kappa shape index (κ1) is 29.2. The van der Waals surface area contributed by atoms with Gasteiger partial charge in [0, 0.05) is 6.92 Å². The molecule has 0 bridgehead atoms. The zero-order valence-electron chi connectivity index (χ0n) is 8.27. The molecule has 16 heavy (non-hydrogen) atoms. The lowest BCUT2D eigenvalue weighted by Crippen LogP contribution is -2.03. The lowest BCUT2D eigenvalue weighted by molar-refractivity contribution is 0.205. The van der Waals surface area contributed by atoms with Crippen LogP contribution in [-0.2, 0) is 0 Å². The topological polar surface area (TPSA) is 173 Å². The predicted molar refractivity (Wildman–Crippen MR) is 47.3 cm³/mol. The van der Waals surface area contributed by atoms with Crippen LogP contribution in [0.1, 0.15) is 6.92 Å². The second kappa shape index (κ2) is 23.1. The summed E-state index contributed by atoms with van der Waals surface area (Å²) in [6.45, 7) is 1.43. The SMILES string of the molecule is CC#N.F[B-](F)(F)F.NC(=O)O.O=NO.[NH4+]. The number of quaternary nitrogens is 1. The lowest BCUT2D eigenvalue weighted by atomic mass is 10.3. The van der Waals surface area contributed by atoms with E-state index in [0.717, 1.165) is 0 Å². The predicted octanol–water partition coefficient (Wildman–Crippen LogP) is 1.97. The highest BCUT2D eigenvalue weighted by Gasteiger charge is 2.20. The molecule has 1 amide bonds. The Hall–Kier alpha value is -2.10. The van der Waals surface area contributed by atoms with E-state index in [4.69, 9.17) is 25.3 Å². The van der Waals surface area contributed by atoms with Crippen molar-refractivity contribution in [3.05, 3.63) is 4.91 Å². The Balaban J connectivity index is -0.0000000338. The second-order valence-corrected chi connectivity index (χ2v) is 1.14. The minimum atomic E-state index is -6.00. The molecule has 0 spiro atoms. The van der Waals surface area contributed by atoms with Gasteiger partial charge in [-0.05, 0) is 0 Å². The molecule has 8 N–H and O–H groups in total. The average Bonchev–Trinajstić information content (AvgIpc) is 1.82. The number of carbonyl (C=O) groups is 1. The molecule has 0 saturated heterocycles. The van der Waals surface area contributed by atoms with Gasteiger partial charge in [-0.2, -0.15) is 5.26 Å². The number of rotatable bonds is 0. The Kier molecular flexibility index (Phi) is 42.1. The quantitative estimate of drug-likeness (QED) is 0.223. The van der Waals surface area contributed by atoms with Crippen LogP contribution in [-0.4, -0.2) is 23.7 Å². The van der Waals surface area contributed by atoms with Crippen molar-refractivity contribution in [3.8, 4) is 6.07 Å². The number of hydrogen-bond donors (Lipinski definition) is 4. The fourth-order valence-electron chi connectivity index (χ4n) is 0. The van der Waals surface area contributed by atoms with Crippen LogP contribution in [0.5, 0.6) is 0 Å². The molecule has 0 aromatic carbocycles. The standard InChI is InChI=1S/C2H3N.CH3NO2.BF4.HNO2.H3N/c1-2-3;2-1(3)4;2-1(3,4)5;2-1-3;/h1H3;2H2,(H,3,4);;(H,2,3);1H3/q;;-1;;/p+1. The number of nitrogens with two attached hydrogens (primary N) is 1. The van der Waals surface area contributed by atoms with Gasteiger partial charge in [-0.15, -0.1) is 4.91 Å². The molecule has 98 valence electrons. The van der Waals surface area contributed by atoms with Gasteiger partial charge in [0.1, 0.15) is 0 Å². The summed E-state index contributed by atoms with van der Waals surface area (Å²) in [7, 11) is -6.00. The summed E-state index contributed by atoms with van der Waals surface area (Å²) in [5.41, 5.74) is 4.03. The van der Waals surface area contributed by atoms with Crippen LogP contribution in [0.4, 0.5) is 22.1 Å². The minimum absolute atomic E-state index is 0. The van der Waals surface area contributed by atoms with Gasteiger partial charge in [0.05, 0.1) is 6.07 Å². The molecule has 0 unspecified atom stereocenters. The van der Waals surface area contributed by atoms with Crippen molar-refractivity contribution in [2.24, 2.45) is 11.1 Å². The van der Waals surface area contributed by atoms with Crippen LogP contribution in [0, 0.1) is 16.2 Å². The van der Waals surface area contributed by atoms with E-state index < -0.39 is 13.3 Å². The molecular weight excluding hydrogens is 243 g/mol. The van der Waals surface area contributed by atoms with Gasteiger partial charge in [-0.25, -0.2) is 4.79 Å². The number of carboxylic acid groups (broad SMARTS) is 1. The van der Waals surface area contributed by atoms with Crippen molar-refractivity contribution < 1.29 is 32.4 Å². The third kappa shape index (κ3) is 323. The zero-order valence-corrected chi connectivity index (χ0v) is 8.27. The third-order valence-electron chi connectivity index (χ3n) is 0. The van der Waals surface area contributed by atoms with Crippen molar-refractivity contribution in [2.75, 3.05) is 0 Å². The Morgan fingerprint density at radius 1 is 1.44 bits per heavy atom. The highest BCUT2D eigenvalue weighted by Crippen LogP contribution is 2.06. The van der Waals surface area contributed by atoms with E-state index in [2.05, 4.69) is 5.73 Å². The lowest BCUT2D eigenvalue weighted by Gasteiger charge is -1.94. The largest absolute Gasteiger partial charge is 0.673 e. The molecule has 0 aliphatic rings. The van der Waals surface area contributed by atoms with Crippen molar-refractivity contribution in [3.63, 3.8) is 0 Å². The molecule has 0 radical (unpaired) electrons. The Morgan fingerprint density at radius 2 is 1.44 bits per heavy atom. The third-order valence-corrected chi connectivity index (χ3v) is 0. The van der Waals surface area contributed by atoms with Crippen molar-refractivity contribution in [2.45, 2.75) is 6.92 Å². The molecule has 0 aliphatic carbocycles. The summed E-state index contributed by atoms with van der Waals surface area (Å²) in [6.07, 6.45) is -1.33. The van der Waals surface area contributed by atoms with E-state index in [1.54, 1.807) is 6.07 Å². The van der Waals surface area contributed by atoms with Gasteiger partial charge >= 0.3 is 13.3 Å². The Labute approximate surface area is 87.3 Å². The molecule has 0 aromatic heterocycles. The van der Waals surface area contributed by atoms with Gasteiger partial charge < -0.3 is 39.5 Å². The number of halogens is 4. The Bertz CT molecular complexity index is 185. The molecule has 13 heteroatoms. The fourth-order valence-corrected chi connectivity index (χ4v) is 0. The van der Waals surface area contributed by atoms with E-state index in [0.29, 0.717) is 0 Å². The monoisotopic (exact) mass is 254 g/mol. The van der Waals surface area contributed by atoms with Gasteiger partial charge in [-0.3, -0.25) is 0 Å². The zero-order chi connectivity index (χ0) is 13.5. The highest BCUT2D eigenvalue weighted by atomic mass is 19.5. The van der Waals surface area contributed by atoms with Crippen molar-refractivity contribution >= 4 is 13.3 Å². The summed E-state index contributed by atoms with van der Waals surface area (Å²) >= 11 is 0. The fraction of sp³-hybridized carbons (Fsp3) is 0.333. The molecule has 0 saturated carbocycles. The van der Waals surface area contributed by atoms with Crippen LogP contribution < -0.4 is 11.9 Å². The van der Waals surface area contributed by atoms with E-state index >= 15 is 0 Å². The minimum Gasteiger partial charge on any atom is -0.465 e. The van der Waals surface area contributed by atoms with E-state index in [1.807, 2.05) is 0 Å². The smallest absolute Gasteiger partial charge is 0.465 e. The average molecular weight is 254 g/mol. The van der Waals surface area contributed by atoms with E-state index in [9.17, 15) is 17.3 Å². The van der Waals surface area contributed by atoms with Gasteiger partial charge in [0.2, 0.25) is 0 Å². The van der Waals surface area contributed by atoms with Crippen molar-refractivity contribution in [1.82, 2.24) is 6.15 Å². The van der Waals surface area contributed by atoms with E-state index in [-0.39, 0.29) is 6.15 Å². The number of nitrogens with zero attached hydrogens (tertiary/aromatic N) is 2. The second-order valence-electron chi connectivity index (χ2n) is 1.14. The number of hydrogen-bond acceptors (Lipinski definition) is 4. The summed E-state index contributed by atoms with van der Waals surface area (Å²) in [4.78, 5) is 16.9. The number of nitriles is 1. The summed E-state index contributed by atoms with van der Waals surface area (Å²) < 4.78 is 39.0. The van der Waals surface area contributed by atoms with Crippen molar-refractivity contribution in [1.29, 1.82) is 5.26 Å². The molecule has 8 nitrogen and oxygen atoms in total.